The van der Waals surface area contributed by atoms with Crippen molar-refractivity contribution in [1.29, 1.82) is 0 Å². The quantitative estimate of drug-likeness (QED) is 0.697. The summed E-state index contributed by atoms with van der Waals surface area (Å²) in [7, 11) is 0. The molecule has 146 valence electrons. The minimum Gasteiger partial charge on any atom is -0.341 e. The normalized spacial score (nSPS) is 16.1. The van der Waals surface area contributed by atoms with Crippen LogP contribution in [-0.2, 0) is 4.79 Å². The molecule has 4 rings (SSSR count). The number of hydrogen-bond donors (Lipinski definition) is 0. The molecule has 1 saturated heterocycles. The van der Waals surface area contributed by atoms with Crippen LogP contribution in [0, 0.1) is 5.82 Å². The van der Waals surface area contributed by atoms with Crippen LogP contribution in [0.2, 0.25) is 0 Å². The van der Waals surface area contributed by atoms with Crippen LogP contribution in [0.15, 0.2) is 41.6 Å². The number of carbonyl (C=O) groups is 1. The van der Waals surface area contributed by atoms with E-state index in [0.717, 1.165) is 38.8 Å². The molecule has 1 aromatic carbocycles. The smallest absolute Gasteiger partial charge is 0.265 e. The van der Waals surface area contributed by atoms with Crippen molar-refractivity contribution in [3.05, 3.63) is 53.0 Å². The Balaban J connectivity index is 1.67. The van der Waals surface area contributed by atoms with Crippen LogP contribution in [-0.4, -0.2) is 43.2 Å². The Morgan fingerprint density at radius 3 is 2.46 bits per heavy atom. The van der Waals surface area contributed by atoms with Gasteiger partial charge >= 0.3 is 0 Å². The zero-order chi connectivity index (χ0) is 19.7. The molecule has 1 atom stereocenters. The van der Waals surface area contributed by atoms with E-state index in [1.807, 2.05) is 4.90 Å². The first-order valence-electron chi connectivity index (χ1n) is 9.56. The zero-order valence-electron chi connectivity index (χ0n) is 15.7. The second-order valence-corrected chi connectivity index (χ2v) is 7.14. The summed E-state index contributed by atoms with van der Waals surface area (Å²) in [4.78, 5) is 32.1. The fourth-order valence-electron chi connectivity index (χ4n) is 3.65. The summed E-state index contributed by atoms with van der Waals surface area (Å²) in [6.07, 6.45) is 7.09. The van der Waals surface area contributed by atoms with Crippen LogP contribution < -0.4 is 5.56 Å². The molecule has 1 fully saturated rings. The van der Waals surface area contributed by atoms with Crippen LogP contribution in [0.4, 0.5) is 4.39 Å². The van der Waals surface area contributed by atoms with Gasteiger partial charge in [-0.25, -0.2) is 14.1 Å². The number of nitrogens with zero attached hydrogens (tertiary/aromatic N) is 5. The highest BCUT2D eigenvalue weighted by Crippen LogP contribution is 2.17. The predicted molar refractivity (Wildman–Crippen MR) is 103 cm³/mol. The van der Waals surface area contributed by atoms with Gasteiger partial charge in [0.2, 0.25) is 5.91 Å². The van der Waals surface area contributed by atoms with Gasteiger partial charge in [0.05, 0.1) is 11.9 Å². The Morgan fingerprint density at radius 1 is 1.11 bits per heavy atom. The van der Waals surface area contributed by atoms with Crippen molar-refractivity contribution >= 4 is 16.9 Å². The number of benzene rings is 1. The maximum absolute atomic E-state index is 13.2. The zero-order valence-corrected chi connectivity index (χ0v) is 15.7. The molecule has 3 aromatic rings. The fourth-order valence-corrected chi connectivity index (χ4v) is 3.65. The lowest BCUT2D eigenvalue weighted by atomic mass is 10.2. The van der Waals surface area contributed by atoms with Crippen LogP contribution in [0.3, 0.4) is 0 Å². The molecule has 0 bridgehead atoms. The van der Waals surface area contributed by atoms with Gasteiger partial charge in [0.25, 0.3) is 5.56 Å². The van der Waals surface area contributed by atoms with E-state index in [4.69, 9.17) is 0 Å². The lowest BCUT2D eigenvalue weighted by Gasteiger charge is -2.25. The molecule has 7 nitrogen and oxygen atoms in total. The number of likely N-dealkylation sites (tertiary alicyclic amines) is 1. The van der Waals surface area contributed by atoms with Crippen molar-refractivity contribution in [3.8, 4) is 5.69 Å². The van der Waals surface area contributed by atoms with Gasteiger partial charge in [-0.1, -0.05) is 12.8 Å². The lowest BCUT2D eigenvalue weighted by molar-refractivity contribution is -0.134. The molecule has 0 saturated carbocycles. The molecule has 8 heteroatoms. The number of hydrogen-bond acceptors (Lipinski definition) is 4. The highest BCUT2D eigenvalue weighted by molar-refractivity contribution is 5.81. The Kier molecular flexibility index (Phi) is 4.93. The van der Waals surface area contributed by atoms with Gasteiger partial charge < -0.3 is 4.90 Å². The summed E-state index contributed by atoms with van der Waals surface area (Å²) in [5.41, 5.74) is 0.672. The Bertz CT molecular complexity index is 1050. The van der Waals surface area contributed by atoms with Crippen LogP contribution >= 0.6 is 0 Å². The van der Waals surface area contributed by atoms with Crippen LogP contribution in [0.5, 0.6) is 0 Å². The van der Waals surface area contributed by atoms with Crippen molar-refractivity contribution in [2.75, 3.05) is 13.1 Å². The van der Waals surface area contributed by atoms with E-state index < -0.39 is 6.04 Å². The molecule has 1 amide bonds. The van der Waals surface area contributed by atoms with Crippen LogP contribution in [0.25, 0.3) is 16.7 Å². The summed E-state index contributed by atoms with van der Waals surface area (Å²) < 4.78 is 16.0. The van der Waals surface area contributed by atoms with E-state index in [2.05, 4.69) is 10.1 Å². The monoisotopic (exact) mass is 383 g/mol. The molecular formula is C20H22FN5O2. The van der Waals surface area contributed by atoms with Crippen molar-refractivity contribution < 1.29 is 9.18 Å². The maximum Gasteiger partial charge on any atom is 0.265 e. The fraction of sp³-hybridized carbons (Fsp3) is 0.400. The molecule has 0 radical (unpaired) electrons. The van der Waals surface area contributed by atoms with Gasteiger partial charge in [0.1, 0.15) is 23.6 Å². The molecule has 0 spiro atoms. The van der Waals surface area contributed by atoms with E-state index in [-0.39, 0.29) is 17.3 Å². The van der Waals surface area contributed by atoms with Crippen molar-refractivity contribution in [2.24, 2.45) is 0 Å². The molecule has 0 N–H and O–H groups in total. The first-order valence-corrected chi connectivity index (χ1v) is 9.56. The second kappa shape index (κ2) is 7.53. The molecule has 28 heavy (non-hydrogen) atoms. The highest BCUT2D eigenvalue weighted by atomic mass is 19.1. The molecule has 2 aromatic heterocycles. The lowest BCUT2D eigenvalue weighted by Crippen LogP contribution is -2.39. The minimum atomic E-state index is -0.628. The molecule has 3 heterocycles. The number of rotatable bonds is 3. The number of amides is 1. The molecule has 0 unspecified atom stereocenters. The van der Waals surface area contributed by atoms with Gasteiger partial charge in [-0.15, -0.1) is 0 Å². The van der Waals surface area contributed by atoms with E-state index >= 15 is 0 Å². The first kappa shape index (κ1) is 18.3. The van der Waals surface area contributed by atoms with Gasteiger partial charge in [-0.2, -0.15) is 5.10 Å². The number of fused-ring (bicyclic) bond motifs is 1. The first-order chi connectivity index (χ1) is 13.6. The SMILES string of the molecule is C[C@H](C(=O)N1CCCCCC1)n1cnc2c(cnn2-c2ccc(F)cc2)c1=O. The number of halogens is 1. The summed E-state index contributed by atoms with van der Waals surface area (Å²) >= 11 is 0. The molecule has 0 aliphatic carbocycles. The average Bonchev–Trinajstić information content (AvgIpc) is 2.95. The predicted octanol–water partition coefficient (Wildman–Crippen LogP) is 2.68. The summed E-state index contributed by atoms with van der Waals surface area (Å²) in [5, 5.41) is 4.55. The third kappa shape index (κ3) is 3.30. The van der Waals surface area contributed by atoms with E-state index in [1.165, 1.54) is 33.9 Å². The third-order valence-corrected chi connectivity index (χ3v) is 5.28. The molecule has 1 aliphatic rings. The topological polar surface area (TPSA) is 73.0 Å². The summed E-state index contributed by atoms with van der Waals surface area (Å²) in [5.74, 6) is -0.410. The van der Waals surface area contributed by atoms with Gasteiger partial charge in [0, 0.05) is 13.1 Å². The third-order valence-electron chi connectivity index (χ3n) is 5.28. The molecule has 1 aliphatic heterocycles. The van der Waals surface area contributed by atoms with Gasteiger partial charge in [-0.05, 0) is 44.0 Å². The van der Waals surface area contributed by atoms with Crippen molar-refractivity contribution in [2.45, 2.75) is 38.6 Å². The minimum absolute atomic E-state index is 0.0592. The van der Waals surface area contributed by atoms with Gasteiger partial charge in [-0.3, -0.25) is 14.2 Å². The van der Waals surface area contributed by atoms with E-state index in [9.17, 15) is 14.0 Å². The number of aromatic nitrogens is 4. The van der Waals surface area contributed by atoms with E-state index in [1.54, 1.807) is 19.1 Å². The van der Waals surface area contributed by atoms with Gasteiger partial charge in [0.15, 0.2) is 5.65 Å². The highest BCUT2D eigenvalue weighted by Gasteiger charge is 2.24. The van der Waals surface area contributed by atoms with Crippen LogP contribution in [0.1, 0.15) is 38.6 Å². The Labute approximate surface area is 161 Å². The second-order valence-electron chi connectivity index (χ2n) is 7.14. The van der Waals surface area contributed by atoms with Crippen molar-refractivity contribution in [1.82, 2.24) is 24.2 Å². The Morgan fingerprint density at radius 2 is 1.79 bits per heavy atom. The summed E-state index contributed by atoms with van der Waals surface area (Å²) in [6.45, 7) is 3.19. The van der Waals surface area contributed by atoms with E-state index in [0.29, 0.717) is 16.7 Å². The summed E-state index contributed by atoms with van der Waals surface area (Å²) in [6, 6.07) is 5.16. The average molecular weight is 383 g/mol. The maximum atomic E-state index is 13.2. The Hall–Kier alpha value is -3.03. The number of carbonyl (C=O) groups excluding carboxylic acids is 1. The molecular weight excluding hydrogens is 361 g/mol. The standard InChI is InChI=1S/C20H22FN5O2/c1-14(19(27)24-10-4-2-3-5-11-24)25-13-22-18-17(20(25)28)12-23-26(18)16-8-6-15(21)7-9-16/h6-9,12-14H,2-5,10-11H2,1H3/t14-/m1/s1. The largest absolute Gasteiger partial charge is 0.341 e. The van der Waals surface area contributed by atoms with Crippen molar-refractivity contribution in [3.63, 3.8) is 0 Å².